The Bertz CT molecular complexity index is 732. The molecular formula is C20H24BrNO4S. The first-order valence-corrected chi connectivity index (χ1v) is 9.93. The molecule has 3 fully saturated rings. The van der Waals surface area contributed by atoms with Crippen LogP contribution in [-0.2, 0) is 15.1 Å². The Morgan fingerprint density at radius 1 is 1.41 bits per heavy atom. The van der Waals surface area contributed by atoms with E-state index in [0.717, 1.165) is 43.5 Å². The number of thiophene rings is 1. The Balaban J connectivity index is 0.00000210. The molecule has 2 atom stereocenters. The van der Waals surface area contributed by atoms with Gasteiger partial charge in [0.1, 0.15) is 6.54 Å². The number of nitrogens with zero attached hydrogens (tertiary/aromatic N) is 1. The van der Waals surface area contributed by atoms with Crippen LogP contribution in [0.5, 0.6) is 0 Å². The molecule has 1 N–H and O–H groups in total. The van der Waals surface area contributed by atoms with Gasteiger partial charge in [0.05, 0.1) is 30.8 Å². The molecule has 0 spiro atoms. The molecule has 2 aromatic rings. The average Bonchev–Trinajstić information content (AvgIpc) is 3.36. The number of piperidine rings is 3. The Morgan fingerprint density at radius 3 is 2.78 bits per heavy atom. The highest BCUT2D eigenvalue weighted by Crippen LogP contribution is 2.39. The van der Waals surface area contributed by atoms with Crippen molar-refractivity contribution in [2.45, 2.75) is 24.5 Å². The summed E-state index contributed by atoms with van der Waals surface area (Å²) in [5.41, 5.74) is -1.90. The molecule has 0 saturated carbocycles. The third-order valence-corrected chi connectivity index (χ3v) is 6.85. The van der Waals surface area contributed by atoms with Gasteiger partial charge in [0.15, 0.2) is 11.9 Å². The lowest BCUT2D eigenvalue weighted by Gasteiger charge is -2.51. The normalized spacial score (nSPS) is 28.8. The Hall–Kier alpha value is -1.41. The van der Waals surface area contributed by atoms with E-state index in [1.165, 1.54) is 17.6 Å². The molecule has 0 radical (unpaired) electrons. The fourth-order valence-electron chi connectivity index (χ4n) is 4.40. The van der Waals surface area contributed by atoms with Crippen LogP contribution in [0.15, 0.2) is 53.0 Å². The molecule has 7 heteroatoms. The maximum Gasteiger partial charge on any atom is 0.352 e. The van der Waals surface area contributed by atoms with E-state index >= 15 is 0 Å². The molecule has 3 saturated heterocycles. The number of furan rings is 1. The summed E-state index contributed by atoms with van der Waals surface area (Å²) in [5, 5.41) is 13.1. The molecule has 5 nitrogen and oxygen atoms in total. The SMILES string of the molecule is C=CC[N+]12CCC(CC1)[C@@H](OC(=O)C(O)(c1ccco1)c1cccs1)C2.[Br-]. The second kappa shape index (κ2) is 7.91. The van der Waals surface area contributed by atoms with Crippen molar-refractivity contribution in [1.82, 2.24) is 0 Å². The standard InChI is InChI=1S/C20H24NO4S.BrH/c1-2-9-21-10-7-15(8-11-21)16(14-21)25-19(22)20(23,17-5-3-12-24-17)18-6-4-13-26-18;/h2-6,12-13,15-16,23H,1,7-11,14H2;1H/q+1;/p-1/t15?,16-,20?,21?;/m0./s1. The van der Waals surface area contributed by atoms with Gasteiger partial charge in [0, 0.05) is 18.8 Å². The predicted octanol–water partition coefficient (Wildman–Crippen LogP) is -0.0808. The van der Waals surface area contributed by atoms with Crippen LogP contribution in [0.1, 0.15) is 23.5 Å². The first kappa shape index (κ1) is 20.3. The number of rotatable bonds is 6. The molecule has 2 aromatic heterocycles. The summed E-state index contributed by atoms with van der Waals surface area (Å²) < 4.78 is 12.2. The number of carbonyl (C=O) groups is 1. The average molecular weight is 454 g/mol. The monoisotopic (exact) mass is 453 g/mol. The van der Waals surface area contributed by atoms with E-state index in [-0.39, 0.29) is 28.8 Å². The maximum atomic E-state index is 13.1. The molecule has 5 rings (SSSR count). The lowest BCUT2D eigenvalue weighted by Crippen LogP contribution is -3.00. The molecule has 27 heavy (non-hydrogen) atoms. The van der Waals surface area contributed by atoms with Gasteiger partial charge >= 0.3 is 5.97 Å². The summed E-state index contributed by atoms with van der Waals surface area (Å²) in [6, 6.07) is 6.82. The Morgan fingerprint density at radius 2 is 2.19 bits per heavy atom. The van der Waals surface area contributed by atoms with Crippen molar-refractivity contribution in [2.75, 3.05) is 26.2 Å². The highest BCUT2D eigenvalue weighted by atomic mass is 79.9. The number of hydrogen-bond donors (Lipinski definition) is 1. The minimum Gasteiger partial charge on any atom is -1.00 e. The summed E-state index contributed by atoms with van der Waals surface area (Å²) in [4.78, 5) is 13.6. The first-order valence-electron chi connectivity index (χ1n) is 9.05. The van der Waals surface area contributed by atoms with Gasteiger partial charge < -0.3 is 35.7 Å². The van der Waals surface area contributed by atoms with Gasteiger partial charge in [-0.15, -0.1) is 11.3 Å². The third kappa shape index (κ3) is 3.53. The number of quaternary nitrogens is 1. The summed E-state index contributed by atoms with van der Waals surface area (Å²) in [7, 11) is 0. The minimum atomic E-state index is -1.90. The second-order valence-electron chi connectivity index (χ2n) is 7.39. The Kier molecular flexibility index (Phi) is 5.96. The number of aliphatic hydroxyl groups is 1. The lowest BCUT2D eigenvalue weighted by atomic mass is 9.83. The van der Waals surface area contributed by atoms with Crippen molar-refractivity contribution >= 4 is 17.3 Å². The van der Waals surface area contributed by atoms with Crippen LogP contribution in [0.2, 0.25) is 0 Å². The quantitative estimate of drug-likeness (QED) is 0.377. The molecule has 3 aliphatic rings. The molecule has 1 unspecified atom stereocenters. The summed E-state index contributed by atoms with van der Waals surface area (Å²) in [6.45, 7) is 7.79. The lowest BCUT2D eigenvalue weighted by molar-refractivity contribution is -0.941. The van der Waals surface area contributed by atoms with Gasteiger partial charge in [-0.25, -0.2) is 4.79 Å². The van der Waals surface area contributed by atoms with Crippen molar-refractivity contribution in [3.63, 3.8) is 0 Å². The molecule has 0 aliphatic carbocycles. The van der Waals surface area contributed by atoms with E-state index < -0.39 is 11.6 Å². The van der Waals surface area contributed by atoms with Crippen LogP contribution in [0, 0.1) is 5.92 Å². The topological polar surface area (TPSA) is 59.7 Å². The summed E-state index contributed by atoms with van der Waals surface area (Å²) >= 11 is 1.31. The van der Waals surface area contributed by atoms with Crippen LogP contribution in [0.25, 0.3) is 0 Å². The van der Waals surface area contributed by atoms with Gasteiger partial charge in [-0.2, -0.15) is 0 Å². The van der Waals surface area contributed by atoms with Crippen molar-refractivity contribution in [3.05, 3.63) is 59.2 Å². The van der Waals surface area contributed by atoms with Gasteiger partial charge in [-0.05, 0) is 29.7 Å². The van der Waals surface area contributed by atoms with Crippen molar-refractivity contribution in [2.24, 2.45) is 5.92 Å². The molecule has 2 bridgehead atoms. The van der Waals surface area contributed by atoms with E-state index in [4.69, 9.17) is 9.15 Å². The fourth-order valence-corrected chi connectivity index (χ4v) is 5.21. The fraction of sp³-hybridized carbons (Fsp3) is 0.450. The smallest absolute Gasteiger partial charge is 0.352 e. The number of carbonyl (C=O) groups excluding carboxylic acids is 1. The number of hydrogen-bond acceptors (Lipinski definition) is 5. The van der Waals surface area contributed by atoms with E-state index in [1.54, 1.807) is 24.3 Å². The van der Waals surface area contributed by atoms with Gasteiger partial charge in [-0.1, -0.05) is 12.6 Å². The number of fused-ring (bicyclic) bond motifs is 3. The van der Waals surface area contributed by atoms with Crippen LogP contribution >= 0.6 is 11.3 Å². The van der Waals surface area contributed by atoms with E-state index in [9.17, 15) is 9.90 Å². The van der Waals surface area contributed by atoms with Gasteiger partial charge in [0.25, 0.3) is 5.60 Å². The minimum absolute atomic E-state index is 0. The summed E-state index contributed by atoms with van der Waals surface area (Å²) in [5.74, 6) is -0.0837. The van der Waals surface area contributed by atoms with E-state index in [1.807, 2.05) is 11.5 Å². The number of ether oxygens (including phenoxy) is 1. The third-order valence-electron chi connectivity index (χ3n) is 5.87. The molecule has 5 heterocycles. The van der Waals surface area contributed by atoms with E-state index in [2.05, 4.69) is 6.58 Å². The number of esters is 1. The van der Waals surface area contributed by atoms with Crippen LogP contribution < -0.4 is 17.0 Å². The second-order valence-corrected chi connectivity index (χ2v) is 8.34. The van der Waals surface area contributed by atoms with Gasteiger partial charge in [-0.3, -0.25) is 0 Å². The molecule has 146 valence electrons. The van der Waals surface area contributed by atoms with Crippen molar-refractivity contribution < 1.29 is 40.5 Å². The highest BCUT2D eigenvalue weighted by molar-refractivity contribution is 7.10. The molecule has 3 aliphatic heterocycles. The molecule has 0 aromatic carbocycles. The van der Waals surface area contributed by atoms with Gasteiger partial charge in [0.2, 0.25) is 0 Å². The summed E-state index contributed by atoms with van der Waals surface area (Å²) in [6.07, 6.45) is 5.33. The zero-order valence-corrected chi connectivity index (χ0v) is 17.5. The van der Waals surface area contributed by atoms with E-state index in [0.29, 0.717) is 10.8 Å². The van der Waals surface area contributed by atoms with Crippen molar-refractivity contribution in [1.29, 1.82) is 0 Å². The first-order chi connectivity index (χ1) is 12.6. The van der Waals surface area contributed by atoms with Crippen LogP contribution in [0.4, 0.5) is 0 Å². The molecular weight excluding hydrogens is 430 g/mol. The van der Waals surface area contributed by atoms with Crippen molar-refractivity contribution in [3.8, 4) is 0 Å². The zero-order chi connectivity index (χ0) is 18.2. The Labute approximate surface area is 173 Å². The maximum absolute atomic E-state index is 13.1. The number of halogens is 1. The zero-order valence-electron chi connectivity index (χ0n) is 15.1. The highest BCUT2D eigenvalue weighted by Gasteiger charge is 2.51. The van der Waals surface area contributed by atoms with Crippen LogP contribution in [-0.4, -0.2) is 47.8 Å². The largest absolute Gasteiger partial charge is 1.00 e. The predicted molar refractivity (Wildman–Crippen MR) is 98.6 cm³/mol. The molecule has 0 amide bonds. The van der Waals surface area contributed by atoms with Crippen LogP contribution in [0.3, 0.4) is 0 Å².